The molecule has 0 fully saturated rings. The molecule has 3 aromatic rings. The third-order valence-corrected chi connectivity index (χ3v) is 2.73. The molecule has 0 spiro atoms. The first-order chi connectivity index (χ1) is 9.33. The smallest absolute Gasteiger partial charge is 0.200 e. The van der Waals surface area contributed by atoms with Gasteiger partial charge in [0.1, 0.15) is 5.82 Å². The third-order valence-electron chi connectivity index (χ3n) is 2.73. The second-order valence-electron chi connectivity index (χ2n) is 4.05. The Balaban J connectivity index is 1.68. The second kappa shape index (κ2) is 4.99. The van der Waals surface area contributed by atoms with Gasteiger partial charge in [0.15, 0.2) is 5.65 Å². The van der Waals surface area contributed by atoms with Crippen molar-refractivity contribution in [3.63, 3.8) is 0 Å². The number of hydrogen-bond donors (Lipinski definition) is 2. The van der Waals surface area contributed by atoms with Crippen LogP contribution in [0.3, 0.4) is 0 Å². The normalized spacial score (nSPS) is 12.5. The maximum absolute atomic E-state index is 10.0. The Morgan fingerprint density at radius 2 is 2.00 bits per heavy atom. The molecule has 3 rings (SSSR count). The van der Waals surface area contributed by atoms with Crippen molar-refractivity contribution in [3.05, 3.63) is 48.0 Å². The molecule has 1 unspecified atom stereocenters. The van der Waals surface area contributed by atoms with E-state index in [1.54, 1.807) is 12.1 Å². The summed E-state index contributed by atoms with van der Waals surface area (Å²) in [7, 11) is 0. The predicted octanol–water partition coefficient (Wildman–Crippen LogP) is 0.665. The molecule has 7 nitrogen and oxygen atoms in total. The van der Waals surface area contributed by atoms with Crippen LogP contribution in [-0.2, 0) is 0 Å². The van der Waals surface area contributed by atoms with Crippen LogP contribution in [0.5, 0.6) is 0 Å². The van der Waals surface area contributed by atoms with E-state index in [0.717, 1.165) is 5.56 Å². The number of nitrogens with zero attached hydrogens (tertiary/aromatic N) is 5. The van der Waals surface area contributed by atoms with Gasteiger partial charge in [0.05, 0.1) is 6.10 Å². The number of nitrogens with one attached hydrogen (secondary N) is 1. The molecule has 19 heavy (non-hydrogen) atoms. The molecule has 2 heterocycles. The van der Waals surface area contributed by atoms with Gasteiger partial charge in [-0.1, -0.05) is 30.3 Å². The van der Waals surface area contributed by atoms with Crippen molar-refractivity contribution in [1.82, 2.24) is 25.3 Å². The van der Waals surface area contributed by atoms with Gasteiger partial charge in [0.2, 0.25) is 0 Å². The monoisotopic (exact) mass is 256 g/mol. The number of rotatable bonds is 4. The summed E-state index contributed by atoms with van der Waals surface area (Å²) in [5.41, 5.74) is 1.44. The quantitative estimate of drug-likeness (QED) is 0.713. The van der Waals surface area contributed by atoms with E-state index in [1.165, 1.54) is 4.63 Å². The van der Waals surface area contributed by atoms with Gasteiger partial charge >= 0.3 is 0 Å². The van der Waals surface area contributed by atoms with Crippen LogP contribution in [0.1, 0.15) is 11.7 Å². The van der Waals surface area contributed by atoms with E-state index in [0.29, 0.717) is 18.0 Å². The third kappa shape index (κ3) is 2.50. The number of benzene rings is 1. The number of aliphatic hydroxyl groups excluding tert-OH is 1. The lowest BCUT2D eigenvalue weighted by molar-refractivity contribution is 0.191. The Hall–Kier alpha value is -2.54. The summed E-state index contributed by atoms with van der Waals surface area (Å²) in [6.45, 7) is 0.366. The maximum atomic E-state index is 10.0. The van der Waals surface area contributed by atoms with Gasteiger partial charge in [-0.25, -0.2) is 0 Å². The fourth-order valence-corrected chi connectivity index (χ4v) is 1.74. The van der Waals surface area contributed by atoms with Crippen LogP contribution < -0.4 is 5.32 Å². The number of aromatic nitrogens is 5. The van der Waals surface area contributed by atoms with E-state index in [-0.39, 0.29) is 0 Å². The van der Waals surface area contributed by atoms with Gasteiger partial charge in [-0.2, -0.15) is 0 Å². The number of anilines is 1. The van der Waals surface area contributed by atoms with Crippen molar-refractivity contribution < 1.29 is 5.11 Å². The minimum absolute atomic E-state index is 0.366. The molecular weight excluding hydrogens is 244 g/mol. The highest BCUT2D eigenvalue weighted by atomic mass is 16.3. The summed E-state index contributed by atoms with van der Waals surface area (Å²) in [6.07, 6.45) is -0.590. The molecule has 96 valence electrons. The highest BCUT2D eigenvalue weighted by molar-refractivity contribution is 5.42. The molecule has 0 radical (unpaired) electrons. The van der Waals surface area contributed by atoms with Crippen LogP contribution in [-0.4, -0.2) is 36.9 Å². The standard InChI is InChI=1S/C12H12N6O/c19-10(9-4-2-1-3-5-9)8-13-11-6-7-12-14-16-17-18(12)15-11/h1-7,10,19H,8H2,(H,13,15). The van der Waals surface area contributed by atoms with Gasteiger partial charge in [0.25, 0.3) is 0 Å². The fraction of sp³-hybridized carbons (Fsp3) is 0.167. The zero-order valence-corrected chi connectivity index (χ0v) is 10.0. The molecule has 0 aliphatic rings. The summed E-state index contributed by atoms with van der Waals surface area (Å²) in [5, 5.41) is 28.2. The van der Waals surface area contributed by atoms with E-state index in [4.69, 9.17) is 0 Å². The summed E-state index contributed by atoms with van der Waals surface area (Å²) in [4.78, 5) is 0. The molecule has 2 aromatic heterocycles. The Morgan fingerprint density at radius 3 is 2.84 bits per heavy atom. The van der Waals surface area contributed by atoms with Crippen molar-refractivity contribution in [2.75, 3.05) is 11.9 Å². The molecule has 0 aliphatic carbocycles. The molecule has 2 N–H and O–H groups in total. The molecule has 0 amide bonds. The number of aliphatic hydroxyl groups is 1. The van der Waals surface area contributed by atoms with Crippen LogP contribution in [0.25, 0.3) is 5.65 Å². The van der Waals surface area contributed by atoms with Crippen molar-refractivity contribution >= 4 is 11.5 Å². The molecule has 0 aliphatic heterocycles. The molecular formula is C12H12N6O. The zero-order chi connectivity index (χ0) is 13.1. The lowest BCUT2D eigenvalue weighted by Gasteiger charge is -2.12. The topological polar surface area (TPSA) is 88.2 Å². The Labute approximate surface area is 108 Å². The fourth-order valence-electron chi connectivity index (χ4n) is 1.74. The largest absolute Gasteiger partial charge is 0.387 e. The van der Waals surface area contributed by atoms with Crippen LogP contribution in [0.4, 0.5) is 5.82 Å². The van der Waals surface area contributed by atoms with Crippen molar-refractivity contribution in [2.45, 2.75) is 6.10 Å². The Morgan fingerprint density at radius 1 is 1.16 bits per heavy atom. The minimum atomic E-state index is -0.590. The van der Waals surface area contributed by atoms with Gasteiger partial charge in [-0.15, -0.1) is 14.8 Å². The Kier molecular flexibility index (Phi) is 3.03. The van der Waals surface area contributed by atoms with Gasteiger partial charge in [-0.3, -0.25) is 0 Å². The van der Waals surface area contributed by atoms with Crippen LogP contribution in [0.2, 0.25) is 0 Å². The summed E-state index contributed by atoms with van der Waals surface area (Å²) in [5.74, 6) is 0.606. The van der Waals surface area contributed by atoms with E-state index in [2.05, 4.69) is 25.9 Å². The average molecular weight is 256 g/mol. The first-order valence-corrected chi connectivity index (χ1v) is 5.85. The van der Waals surface area contributed by atoms with E-state index < -0.39 is 6.10 Å². The van der Waals surface area contributed by atoms with Gasteiger partial charge < -0.3 is 10.4 Å². The summed E-state index contributed by atoms with van der Waals surface area (Å²) >= 11 is 0. The molecule has 1 atom stereocenters. The molecule has 0 saturated heterocycles. The molecule has 0 bridgehead atoms. The Bertz CT molecular complexity index is 668. The van der Waals surface area contributed by atoms with Crippen LogP contribution >= 0.6 is 0 Å². The predicted molar refractivity (Wildman–Crippen MR) is 68.5 cm³/mol. The summed E-state index contributed by atoms with van der Waals surface area (Å²) in [6, 6.07) is 13.0. The number of fused-ring (bicyclic) bond motifs is 1. The van der Waals surface area contributed by atoms with Crippen molar-refractivity contribution in [1.29, 1.82) is 0 Å². The van der Waals surface area contributed by atoms with Crippen molar-refractivity contribution in [3.8, 4) is 0 Å². The molecule has 0 saturated carbocycles. The lowest BCUT2D eigenvalue weighted by atomic mass is 10.1. The van der Waals surface area contributed by atoms with Crippen LogP contribution in [0, 0.1) is 0 Å². The second-order valence-corrected chi connectivity index (χ2v) is 4.05. The molecule has 1 aromatic carbocycles. The van der Waals surface area contributed by atoms with Gasteiger partial charge in [0, 0.05) is 6.54 Å². The van der Waals surface area contributed by atoms with Crippen molar-refractivity contribution in [2.24, 2.45) is 0 Å². The summed E-state index contributed by atoms with van der Waals surface area (Å²) < 4.78 is 1.33. The highest BCUT2D eigenvalue weighted by Crippen LogP contribution is 2.13. The molecule has 7 heteroatoms. The maximum Gasteiger partial charge on any atom is 0.200 e. The van der Waals surface area contributed by atoms with E-state index in [9.17, 15) is 5.11 Å². The van der Waals surface area contributed by atoms with Crippen LogP contribution in [0.15, 0.2) is 42.5 Å². The number of tetrazole rings is 1. The number of hydrogen-bond acceptors (Lipinski definition) is 6. The minimum Gasteiger partial charge on any atom is -0.387 e. The lowest BCUT2D eigenvalue weighted by Crippen LogP contribution is -2.13. The first-order valence-electron chi connectivity index (χ1n) is 5.85. The average Bonchev–Trinajstić information content (AvgIpc) is 2.93. The van der Waals surface area contributed by atoms with E-state index in [1.807, 2.05) is 30.3 Å². The SMILES string of the molecule is OC(CNc1ccc2nnnn2n1)c1ccccc1. The first kappa shape index (κ1) is 11.5. The van der Waals surface area contributed by atoms with E-state index >= 15 is 0 Å². The zero-order valence-electron chi connectivity index (χ0n) is 10.0. The highest BCUT2D eigenvalue weighted by Gasteiger charge is 2.07. The van der Waals surface area contributed by atoms with Gasteiger partial charge in [-0.05, 0) is 28.1 Å².